The van der Waals surface area contributed by atoms with E-state index in [2.05, 4.69) is 21.2 Å². The van der Waals surface area contributed by atoms with Crippen LogP contribution in [0, 0.1) is 11.7 Å². The van der Waals surface area contributed by atoms with Gasteiger partial charge in [0.25, 0.3) is 0 Å². The zero-order chi connectivity index (χ0) is 11.4. The second kappa shape index (κ2) is 5.64. The number of nitrogens with one attached hydrogen (secondary N) is 1. The molecule has 1 heterocycles. The molecule has 0 radical (unpaired) electrons. The van der Waals surface area contributed by atoms with Gasteiger partial charge in [0, 0.05) is 0 Å². The average Bonchev–Trinajstić information content (AvgIpc) is 2.32. The Morgan fingerprint density at radius 3 is 2.88 bits per heavy atom. The fourth-order valence-electron chi connectivity index (χ4n) is 1.85. The summed E-state index contributed by atoms with van der Waals surface area (Å²) in [6, 6.07) is 4.87. The van der Waals surface area contributed by atoms with E-state index in [1.54, 1.807) is 12.1 Å². The fraction of sp³-hybridized carbons (Fsp3) is 0.500. The van der Waals surface area contributed by atoms with Crippen LogP contribution in [-0.2, 0) is 0 Å². The average molecular weight is 288 g/mol. The van der Waals surface area contributed by atoms with Crippen LogP contribution in [0.2, 0.25) is 0 Å². The van der Waals surface area contributed by atoms with Crippen molar-refractivity contribution in [1.82, 2.24) is 5.32 Å². The molecule has 16 heavy (non-hydrogen) atoms. The third-order valence-electron chi connectivity index (χ3n) is 2.85. The van der Waals surface area contributed by atoms with Gasteiger partial charge in [0.05, 0.1) is 11.1 Å². The van der Waals surface area contributed by atoms with Gasteiger partial charge in [-0.1, -0.05) is 6.07 Å². The molecule has 1 saturated heterocycles. The van der Waals surface area contributed by atoms with E-state index in [1.807, 2.05) is 0 Å². The van der Waals surface area contributed by atoms with Gasteiger partial charge >= 0.3 is 0 Å². The number of hydrogen-bond donors (Lipinski definition) is 1. The Kier molecular flexibility index (Phi) is 4.18. The van der Waals surface area contributed by atoms with Crippen LogP contribution in [-0.4, -0.2) is 19.7 Å². The number of piperidine rings is 1. The Balaban J connectivity index is 1.91. The molecular formula is C12H15BrFNO. The van der Waals surface area contributed by atoms with Gasteiger partial charge in [-0.25, -0.2) is 4.39 Å². The van der Waals surface area contributed by atoms with E-state index in [9.17, 15) is 4.39 Å². The van der Waals surface area contributed by atoms with Crippen LogP contribution >= 0.6 is 15.9 Å². The lowest BCUT2D eigenvalue weighted by Crippen LogP contribution is -2.30. The first-order chi connectivity index (χ1) is 7.77. The van der Waals surface area contributed by atoms with Gasteiger partial charge in [-0.15, -0.1) is 0 Å². The van der Waals surface area contributed by atoms with Gasteiger partial charge in [0.15, 0.2) is 0 Å². The predicted molar refractivity (Wildman–Crippen MR) is 65.2 cm³/mol. The molecule has 88 valence electrons. The van der Waals surface area contributed by atoms with Gasteiger partial charge in [0.2, 0.25) is 0 Å². The molecule has 2 rings (SSSR count). The van der Waals surface area contributed by atoms with Crippen molar-refractivity contribution in [3.05, 3.63) is 28.5 Å². The standard InChI is InChI=1S/C12H15BrFNO/c13-12-10(14)2-1-3-11(12)16-8-9-4-6-15-7-5-9/h1-3,9,15H,4-8H2. The molecule has 0 saturated carbocycles. The molecule has 0 spiro atoms. The Hall–Kier alpha value is -0.610. The minimum atomic E-state index is -0.275. The van der Waals surface area contributed by atoms with E-state index < -0.39 is 0 Å². The monoisotopic (exact) mass is 287 g/mol. The molecule has 0 unspecified atom stereocenters. The van der Waals surface area contributed by atoms with Crippen molar-refractivity contribution in [3.63, 3.8) is 0 Å². The van der Waals surface area contributed by atoms with E-state index in [0.29, 0.717) is 22.7 Å². The number of rotatable bonds is 3. The van der Waals surface area contributed by atoms with Crippen LogP contribution in [0.4, 0.5) is 4.39 Å². The smallest absolute Gasteiger partial charge is 0.141 e. The molecule has 0 atom stereocenters. The van der Waals surface area contributed by atoms with E-state index >= 15 is 0 Å². The Labute approximate surface area is 103 Å². The molecular weight excluding hydrogens is 273 g/mol. The maximum absolute atomic E-state index is 13.2. The van der Waals surface area contributed by atoms with Gasteiger partial charge in [-0.2, -0.15) is 0 Å². The van der Waals surface area contributed by atoms with Gasteiger partial charge in [-0.3, -0.25) is 0 Å². The Morgan fingerprint density at radius 1 is 1.38 bits per heavy atom. The summed E-state index contributed by atoms with van der Waals surface area (Å²) in [5, 5.41) is 3.31. The summed E-state index contributed by atoms with van der Waals surface area (Å²) >= 11 is 3.19. The van der Waals surface area contributed by atoms with Crippen LogP contribution in [0.1, 0.15) is 12.8 Å². The summed E-state index contributed by atoms with van der Waals surface area (Å²) in [4.78, 5) is 0. The highest BCUT2D eigenvalue weighted by molar-refractivity contribution is 9.10. The van der Waals surface area contributed by atoms with Crippen LogP contribution in [0.25, 0.3) is 0 Å². The predicted octanol–water partition coefficient (Wildman–Crippen LogP) is 2.97. The first-order valence-corrected chi connectivity index (χ1v) is 6.34. The zero-order valence-corrected chi connectivity index (χ0v) is 10.6. The molecule has 0 aromatic heterocycles. The summed E-state index contributed by atoms with van der Waals surface area (Å²) in [6.07, 6.45) is 2.26. The van der Waals surface area contributed by atoms with E-state index in [0.717, 1.165) is 25.9 Å². The Bertz CT molecular complexity index is 353. The van der Waals surface area contributed by atoms with Crippen LogP contribution in [0.5, 0.6) is 5.75 Å². The highest BCUT2D eigenvalue weighted by Gasteiger charge is 2.14. The minimum Gasteiger partial charge on any atom is -0.492 e. The SMILES string of the molecule is Fc1cccc(OCC2CCNCC2)c1Br. The third-order valence-corrected chi connectivity index (χ3v) is 3.62. The molecule has 4 heteroatoms. The number of hydrogen-bond acceptors (Lipinski definition) is 2. The molecule has 2 nitrogen and oxygen atoms in total. The highest BCUT2D eigenvalue weighted by Crippen LogP contribution is 2.28. The molecule has 1 aliphatic heterocycles. The van der Waals surface area contributed by atoms with E-state index in [-0.39, 0.29) is 5.82 Å². The topological polar surface area (TPSA) is 21.3 Å². The Morgan fingerprint density at radius 2 is 2.12 bits per heavy atom. The second-order valence-electron chi connectivity index (χ2n) is 4.06. The highest BCUT2D eigenvalue weighted by atomic mass is 79.9. The number of benzene rings is 1. The maximum atomic E-state index is 13.2. The molecule has 1 aromatic carbocycles. The maximum Gasteiger partial charge on any atom is 0.141 e. The first-order valence-electron chi connectivity index (χ1n) is 5.55. The normalized spacial score (nSPS) is 17.4. The zero-order valence-electron chi connectivity index (χ0n) is 9.01. The summed E-state index contributed by atoms with van der Waals surface area (Å²) in [6.45, 7) is 2.78. The van der Waals surface area contributed by atoms with Gasteiger partial charge < -0.3 is 10.1 Å². The molecule has 0 bridgehead atoms. The van der Waals surface area contributed by atoms with Crippen molar-refractivity contribution in [2.75, 3.05) is 19.7 Å². The minimum absolute atomic E-state index is 0.275. The van der Waals surface area contributed by atoms with Crippen molar-refractivity contribution >= 4 is 15.9 Å². The first kappa shape index (κ1) is 11.9. The summed E-state index contributed by atoms with van der Waals surface area (Å²) < 4.78 is 19.3. The molecule has 0 aliphatic carbocycles. The molecule has 1 aliphatic rings. The van der Waals surface area contributed by atoms with Crippen LogP contribution in [0.3, 0.4) is 0 Å². The quantitative estimate of drug-likeness (QED) is 0.923. The largest absolute Gasteiger partial charge is 0.492 e. The summed E-state index contributed by atoms with van der Waals surface area (Å²) in [5.41, 5.74) is 0. The van der Waals surface area contributed by atoms with Gasteiger partial charge in [-0.05, 0) is 59.9 Å². The van der Waals surface area contributed by atoms with Crippen molar-refractivity contribution in [2.24, 2.45) is 5.92 Å². The lowest BCUT2D eigenvalue weighted by Gasteiger charge is -2.22. The summed E-state index contributed by atoms with van der Waals surface area (Å²) in [5.74, 6) is 0.901. The van der Waals surface area contributed by atoms with Crippen molar-refractivity contribution in [1.29, 1.82) is 0 Å². The molecule has 1 fully saturated rings. The van der Waals surface area contributed by atoms with Crippen LogP contribution in [0.15, 0.2) is 22.7 Å². The van der Waals surface area contributed by atoms with Crippen molar-refractivity contribution in [2.45, 2.75) is 12.8 Å². The number of ether oxygens (including phenoxy) is 1. The van der Waals surface area contributed by atoms with Crippen LogP contribution < -0.4 is 10.1 Å². The second-order valence-corrected chi connectivity index (χ2v) is 4.85. The lowest BCUT2D eigenvalue weighted by atomic mass is 9.99. The summed E-state index contributed by atoms with van der Waals surface area (Å²) in [7, 11) is 0. The van der Waals surface area contributed by atoms with E-state index in [1.165, 1.54) is 6.07 Å². The van der Waals surface area contributed by atoms with E-state index in [4.69, 9.17) is 4.74 Å². The van der Waals surface area contributed by atoms with Crippen molar-refractivity contribution in [3.8, 4) is 5.75 Å². The fourth-order valence-corrected chi connectivity index (χ4v) is 2.23. The molecule has 1 N–H and O–H groups in total. The third kappa shape index (κ3) is 2.95. The molecule has 0 amide bonds. The number of halogens is 2. The van der Waals surface area contributed by atoms with Crippen molar-refractivity contribution < 1.29 is 9.13 Å². The van der Waals surface area contributed by atoms with Gasteiger partial charge in [0.1, 0.15) is 11.6 Å². The lowest BCUT2D eigenvalue weighted by molar-refractivity contribution is 0.213. The molecule has 1 aromatic rings.